The lowest BCUT2D eigenvalue weighted by atomic mass is 9.96. The molecule has 3 heterocycles. The fraction of sp³-hybridized carbons (Fsp3) is 0.393. The van der Waals surface area contributed by atoms with Crippen molar-refractivity contribution in [1.29, 1.82) is 0 Å². The number of ketones is 1. The number of aromatic nitrogens is 2. The number of pyridine rings is 1. The Balaban J connectivity index is 1.80. The SMILES string of the molecule is CCOc1ccc([C@H]2/C(=C(\O)c3c(C)nc4ccccn34)C(=O)C(=O)N2CCCN(CC)CC)cc1. The van der Waals surface area contributed by atoms with Gasteiger partial charge in [0.25, 0.3) is 11.7 Å². The number of hydrogen-bond acceptors (Lipinski definition) is 6. The Bertz CT molecular complexity index is 1270. The summed E-state index contributed by atoms with van der Waals surface area (Å²) < 4.78 is 7.32. The monoisotopic (exact) mass is 490 g/mol. The number of imidazole rings is 1. The van der Waals surface area contributed by atoms with E-state index in [-0.39, 0.29) is 11.3 Å². The molecule has 1 aliphatic heterocycles. The Hall–Kier alpha value is -3.65. The van der Waals surface area contributed by atoms with Gasteiger partial charge in [-0.05, 0) is 69.7 Å². The summed E-state index contributed by atoms with van der Waals surface area (Å²) in [6.07, 6.45) is 2.51. The highest BCUT2D eigenvalue weighted by atomic mass is 16.5. The molecule has 36 heavy (non-hydrogen) atoms. The fourth-order valence-corrected chi connectivity index (χ4v) is 4.90. The first-order valence-electron chi connectivity index (χ1n) is 12.6. The first-order valence-corrected chi connectivity index (χ1v) is 12.6. The summed E-state index contributed by atoms with van der Waals surface area (Å²) in [7, 11) is 0. The van der Waals surface area contributed by atoms with Gasteiger partial charge in [-0.3, -0.25) is 14.0 Å². The zero-order chi connectivity index (χ0) is 25.8. The quantitative estimate of drug-likeness (QED) is 0.260. The molecule has 3 aromatic rings. The number of amides is 1. The number of aryl methyl sites for hydroxylation is 1. The molecular weight excluding hydrogens is 456 g/mol. The average molecular weight is 491 g/mol. The fourth-order valence-electron chi connectivity index (χ4n) is 4.90. The third-order valence-corrected chi connectivity index (χ3v) is 6.74. The van der Waals surface area contributed by atoms with Gasteiger partial charge < -0.3 is 19.6 Å². The van der Waals surface area contributed by atoms with Gasteiger partial charge in [-0.15, -0.1) is 0 Å². The number of carbonyl (C=O) groups excluding carboxylic acids is 2. The topological polar surface area (TPSA) is 87.4 Å². The molecule has 1 N–H and O–H groups in total. The number of Topliss-reactive ketones (excluding diaryl/α,β-unsaturated/α-hetero) is 1. The van der Waals surface area contributed by atoms with Crippen LogP contribution in [0, 0.1) is 6.92 Å². The molecule has 0 unspecified atom stereocenters. The molecule has 0 radical (unpaired) electrons. The van der Waals surface area contributed by atoms with E-state index in [1.54, 1.807) is 22.4 Å². The third kappa shape index (κ3) is 4.73. The molecule has 1 fully saturated rings. The van der Waals surface area contributed by atoms with Crippen molar-refractivity contribution in [2.45, 2.75) is 40.2 Å². The summed E-state index contributed by atoms with van der Waals surface area (Å²) >= 11 is 0. The maximum Gasteiger partial charge on any atom is 0.295 e. The van der Waals surface area contributed by atoms with Crippen molar-refractivity contribution in [3.05, 3.63) is 71.2 Å². The van der Waals surface area contributed by atoms with Crippen molar-refractivity contribution in [3.63, 3.8) is 0 Å². The van der Waals surface area contributed by atoms with Crippen LogP contribution in [-0.2, 0) is 9.59 Å². The second kappa shape index (κ2) is 11.0. The molecule has 8 nitrogen and oxygen atoms in total. The van der Waals surface area contributed by atoms with E-state index in [2.05, 4.69) is 23.7 Å². The smallest absolute Gasteiger partial charge is 0.295 e. The van der Waals surface area contributed by atoms with E-state index in [0.717, 1.165) is 31.6 Å². The number of nitrogens with zero attached hydrogens (tertiary/aromatic N) is 4. The Morgan fingerprint density at radius 3 is 2.47 bits per heavy atom. The number of hydrogen-bond donors (Lipinski definition) is 1. The number of rotatable bonds is 10. The van der Waals surface area contributed by atoms with Gasteiger partial charge in [0, 0.05) is 12.7 Å². The van der Waals surface area contributed by atoms with E-state index in [4.69, 9.17) is 4.74 Å². The van der Waals surface area contributed by atoms with Crippen molar-refractivity contribution in [2.75, 3.05) is 32.8 Å². The number of aliphatic hydroxyl groups excluding tert-OH is 1. The number of aliphatic hydroxyl groups is 1. The van der Waals surface area contributed by atoms with Gasteiger partial charge in [-0.2, -0.15) is 0 Å². The summed E-state index contributed by atoms with van der Waals surface area (Å²) in [6, 6.07) is 12.2. The molecule has 0 aliphatic carbocycles. The molecule has 1 amide bonds. The van der Waals surface area contributed by atoms with Crippen molar-refractivity contribution in [2.24, 2.45) is 0 Å². The standard InChI is InChI=1S/C28H34N4O4/c1-5-30(6-2)16-10-18-32-25(20-12-14-21(15-13-20)36-7-3)23(27(34)28(32)35)26(33)24-19(4)29-22-11-8-9-17-31(22)24/h8-9,11-15,17,25,33H,5-7,10,16,18H2,1-4H3/b26-23+/t25-/m0/s1. The zero-order valence-corrected chi connectivity index (χ0v) is 21.4. The molecule has 0 saturated carbocycles. The van der Waals surface area contributed by atoms with Crippen molar-refractivity contribution in [3.8, 4) is 5.75 Å². The zero-order valence-electron chi connectivity index (χ0n) is 21.4. The highest BCUT2D eigenvalue weighted by Crippen LogP contribution is 2.40. The van der Waals surface area contributed by atoms with Crippen LogP contribution in [0.5, 0.6) is 5.75 Å². The minimum atomic E-state index is -0.703. The van der Waals surface area contributed by atoms with E-state index >= 15 is 0 Å². The van der Waals surface area contributed by atoms with Crippen molar-refractivity contribution >= 4 is 23.1 Å². The van der Waals surface area contributed by atoms with Crippen molar-refractivity contribution < 1.29 is 19.4 Å². The molecule has 1 saturated heterocycles. The second-order valence-electron chi connectivity index (χ2n) is 8.85. The van der Waals surface area contributed by atoms with Gasteiger partial charge in [-0.25, -0.2) is 4.98 Å². The van der Waals surface area contributed by atoms with E-state index in [1.165, 1.54) is 0 Å². The molecule has 2 aromatic heterocycles. The number of benzene rings is 1. The van der Waals surface area contributed by atoms with Crippen LogP contribution in [0.15, 0.2) is 54.2 Å². The van der Waals surface area contributed by atoms with Crippen LogP contribution in [0.1, 0.15) is 50.2 Å². The average Bonchev–Trinajstić information content (AvgIpc) is 3.35. The summed E-state index contributed by atoms with van der Waals surface area (Å²) in [4.78, 5) is 35.1. The predicted octanol–water partition coefficient (Wildman–Crippen LogP) is 4.20. The second-order valence-corrected chi connectivity index (χ2v) is 8.85. The van der Waals surface area contributed by atoms with Crippen LogP contribution in [-0.4, -0.2) is 68.8 Å². The van der Waals surface area contributed by atoms with Crippen LogP contribution >= 0.6 is 0 Å². The lowest BCUT2D eigenvalue weighted by Gasteiger charge is -2.27. The normalized spacial score (nSPS) is 17.5. The van der Waals surface area contributed by atoms with E-state index in [9.17, 15) is 14.7 Å². The van der Waals surface area contributed by atoms with Gasteiger partial charge in [0.15, 0.2) is 5.76 Å². The summed E-state index contributed by atoms with van der Waals surface area (Å²) in [6.45, 7) is 11.5. The van der Waals surface area contributed by atoms with Crippen LogP contribution in [0.25, 0.3) is 11.4 Å². The van der Waals surface area contributed by atoms with Gasteiger partial charge >= 0.3 is 0 Å². The van der Waals surface area contributed by atoms with Crippen molar-refractivity contribution in [1.82, 2.24) is 19.2 Å². The third-order valence-electron chi connectivity index (χ3n) is 6.74. The number of carbonyl (C=O) groups is 2. The van der Waals surface area contributed by atoms with E-state index in [1.807, 2.05) is 49.4 Å². The van der Waals surface area contributed by atoms with Gasteiger partial charge in [0.05, 0.1) is 23.9 Å². The lowest BCUT2D eigenvalue weighted by molar-refractivity contribution is -0.140. The number of fused-ring (bicyclic) bond motifs is 1. The molecule has 8 heteroatoms. The Kier molecular flexibility index (Phi) is 7.74. The Labute approximate surface area is 211 Å². The highest BCUT2D eigenvalue weighted by molar-refractivity contribution is 6.46. The minimum Gasteiger partial charge on any atom is -0.505 e. The molecule has 190 valence electrons. The van der Waals surface area contributed by atoms with E-state index < -0.39 is 17.7 Å². The predicted molar refractivity (Wildman–Crippen MR) is 139 cm³/mol. The summed E-state index contributed by atoms with van der Waals surface area (Å²) in [5, 5.41) is 11.5. The molecule has 1 aromatic carbocycles. The largest absolute Gasteiger partial charge is 0.505 e. The van der Waals surface area contributed by atoms with Crippen LogP contribution in [0.2, 0.25) is 0 Å². The van der Waals surface area contributed by atoms with Crippen LogP contribution < -0.4 is 4.74 Å². The van der Waals surface area contributed by atoms with Gasteiger partial charge in [0.1, 0.15) is 17.1 Å². The van der Waals surface area contributed by atoms with Crippen LogP contribution in [0.3, 0.4) is 0 Å². The molecule has 1 aliphatic rings. The van der Waals surface area contributed by atoms with Gasteiger partial charge in [-0.1, -0.05) is 32.0 Å². The summed E-state index contributed by atoms with van der Waals surface area (Å²) in [5.74, 6) is -0.784. The molecule has 4 rings (SSSR count). The lowest BCUT2D eigenvalue weighted by Crippen LogP contribution is -2.33. The molecule has 1 atom stereocenters. The Morgan fingerprint density at radius 1 is 1.08 bits per heavy atom. The number of ether oxygens (including phenoxy) is 1. The molecular formula is C28H34N4O4. The van der Waals surface area contributed by atoms with Crippen LogP contribution in [0.4, 0.5) is 0 Å². The van der Waals surface area contributed by atoms with Gasteiger partial charge in [0.2, 0.25) is 0 Å². The maximum atomic E-state index is 13.4. The van der Waals surface area contributed by atoms with E-state index in [0.29, 0.717) is 35.9 Å². The maximum absolute atomic E-state index is 13.4. The minimum absolute atomic E-state index is 0.0840. The first-order chi connectivity index (χ1) is 17.4. The summed E-state index contributed by atoms with van der Waals surface area (Å²) in [5.41, 5.74) is 2.48. The molecule has 0 bridgehead atoms. The highest BCUT2D eigenvalue weighted by Gasteiger charge is 2.46. The molecule has 0 spiro atoms. The Morgan fingerprint density at radius 2 is 1.81 bits per heavy atom. The number of likely N-dealkylation sites (tertiary alicyclic amines) is 1. The first kappa shape index (κ1) is 25.4.